The number of carbonyl (C=O) groups is 2. The Hall–Kier alpha value is -2.12. The Bertz CT molecular complexity index is 909. The van der Waals surface area contributed by atoms with E-state index in [2.05, 4.69) is 22.3 Å². The molecule has 6 rings (SSSR count). The molecule has 7 heteroatoms. The molecule has 186 valence electrons. The molecule has 3 atom stereocenters. The molecule has 4 aliphatic carbocycles. The first kappa shape index (κ1) is 23.6. The number of morpholine rings is 1. The van der Waals surface area contributed by atoms with Gasteiger partial charge in [-0.25, -0.2) is 0 Å². The van der Waals surface area contributed by atoms with Crippen molar-refractivity contribution in [2.75, 3.05) is 19.7 Å². The lowest BCUT2D eigenvalue weighted by molar-refractivity contribution is -0.151. The number of nitrogens with two attached hydrogens (primary N) is 1. The lowest BCUT2D eigenvalue weighted by Crippen LogP contribution is -2.63. The molecular weight excluding hydrogens is 430 g/mol. The highest BCUT2D eigenvalue weighted by Gasteiger charge is 2.58. The van der Waals surface area contributed by atoms with Crippen LogP contribution in [0.15, 0.2) is 24.3 Å². The Morgan fingerprint density at radius 1 is 1.15 bits per heavy atom. The molecule has 34 heavy (non-hydrogen) atoms. The third-order valence-corrected chi connectivity index (χ3v) is 8.30. The van der Waals surface area contributed by atoms with Gasteiger partial charge in [0.1, 0.15) is 17.5 Å². The number of ether oxygens (including phenoxy) is 2. The number of nitrogens with one attached hydrogen (secondary N) is 1. The van der Waals surface area contributed by atoms with Gasteiger partial charge in [0.25, 0.3) is 5.91 Å². The minimum atomic E-state index is -0.459. The summed E-state index contributed by atoms with van der Waals surface area (Å²) in [5.74, 6) is 2.02. The monoisotopic (exact) mass is 469 g/mol. The summed E-state index contributed by atoms with van der Waals surface area (Å²) in [5, 5.41) is 3.34. The number of benzene rings is 1. The molecule has 1 aromatic rings. The van der Waals surface area contributed by atoms with Crippen molar-refractivity contribution in [2.45, 2.75) is 77.2 Å². The number of primary amides is 1. The van der Waals surface area contributed by atoms with E-state index in [9.17, 15) is 9.59 Å². The van der Waals surface area contributed by atoms with E-state index in [0.29, 0.717) is 30.9 Å². The van der Waals surface area contributed by atoms with E-state index in [1.807, 2.05) is 32.9 Å². The summed E-state index contributed by atoms with van der Waals surface area (Å²) < 4.78 is 11.8. The predicted molar refractivity (Wildman–Crippen MR) is 129 cm³/mol. The van der Waals surface area contributed by atoms with Gasteiger partial charge in [0.2, 0.25) is 5.91 Å². The van der Waals surface area contributed by atoms with Crippen molar-refractivity contribution >= 4 is 11.8 Å². The summed E-state index contributed by atoms with van der Waals surface area (Å²) in [5.41, 5.74) is 6.46. The minimum Gasteiger partial charge on any atom is -0.488 e. The maximum atomic E-state index is 13.2. The molecular formula is C27H39N3O4. The second kappa shape index (κ2) is 8.83. The van der Waals surface area contributed by atoms with Crippen LogP contribution >= 0.6 is 0 Å². The van der Waals surface area contributed by atoms with Gasteiger partial charge in [0, 0.05) is 31.1 Å². The summed E-state index contributed by atoms with van der Waals surface area (Å²) in [6, 6.07) is 8.35. The van der Waals surface area contributed by atoms with Crippen LogP contribution < -0.4 is 15.8 Å². The number of carbonyl (C=O) groups excluding carboxylic acids is 2. The van der Waals surface area contributed by atoms with Crippen molar-refractivity contribution in [2.24, 2.45) is 28.9 Å². The lowest BCUT2D eigenvalue weighted by Gasteiger charge is -2.59. The fourth-order valence-electron chi connectivity index (χ4n) is 7.10. The van der Waals surface area contributed by atoms with E-state index < -0.39 is 6.10 Å². The van der Waals surface area contributed by atoms with E-state index in [0.717, 1.165) is 50.9 Å². The highest BCUT2D eigenvalue weighted by Crippen LogP contribution is 2.59. The summed E-state index contributed by atoms with van der Waals surface area (Å²) in [6.07, 6.45) is 4.34. The van der Waals surface area contributed by atoms with Gasteiger partial charge in [-0.3, -0.25) is 14.5 Å². The first-order valence-corrected chi connectivity index (χ1v) is 12.8. The average Bonchev–Trinajstić information content (AvgIpc) is 2.76. The molecule has 0 radical (unpaired) electrons. The molecule has 1 saturated heterocycles. The van der Waals surface area contributed by atoms with Gasteiger partial charge in [-0.05, 0) is 88.3 Å². The van der Waals surface area contributed by atoms with E-state index in [1.54, 1.807) is 0 Å². The molecule has 7 nitrogen and oxygen atoms in total. The van der Waals surface area contributed by atoms with Crippen LogP contribution in [0, 0.1) is 23.2 Å². The van der Waals surface area contributed by atoms with E-state index in [1.165, 1.54) is 5.56 Å². The van der Waals surface area contributed by atoms with Crippen molar-refractivity contribution in [1.82, 2.24) is 10.2 Å². The first-order chi connectivity index (χ1) is 16.1. The van der Waals surface area contributed by atoms with Gasteiger partial charge < -0.3 is 20.5 Å². The number of amides is 2. The molecule has 2 amide bonds. The Morgan fingerprint density at radius 2 is 1.82 bits per heavy atom. The average molecular weight is 470 g/mol. The van der Waals surface area contributed by atoms with Crippen LogP contribution in [0.1, 0.15) is 58.4 Å². The van der Waals surface area contributed by atoms with Crippen molar-refractivity contribution in [1.29, 1.82) is 0 Å². The van der Waals surface area contributed by atoms with Gasteiger partial charge in [0.15, 0.2) is 0 Å². The topological polar surface area (TPSA) is 93.9 Å². The molecule has 1 heterocycles. The van der Waals surface area contributed by atoms with Gasteiger partial charge in [0.05, 0.1) is 6.61 Å². The number of hydrogen-bond acceptors (Lipinski definition) is 5. The zero-order valence-electron chi connectivity index (χ0n) is 20.7. The van der Waals surface area contributed by atoms with Crippen LogP contribution in [0.2, 0.25) is 0 Å². The zero-order chi connectivity index (χ0) is 24.1. The molecule has 2 unspecified atom stereocenters. The first-order valence-electron chi connectivity index (χ1n) is 12.8. The maximum absolute atomic E-state index is 13.2. The molecule has 1 aromatic carbocycles. The van der Waals surface area contributed by atoms with Crippen molar-refractivity contribution in [3.8, 4) is 5.75 Å². The third kappa shape index (κ3) is 4.82. The van der Waals surface area contributed by atoms with E-state index in [4.69, 9.17) is 15.2 Å². The second-order valence-corrected chi connectivity index (χ2v) is 12.1. The molecule has 0 spiro atoms. The Kier molecular flexibility index (Phi) is 6.13. The fourth-order valence-corrected chi connectivity index (χ4v) is 7.10. The van der Waals surface area contributed by atoms with Crippen LogP contribution in [0.5, 0.6) is 5.75 Å². The summed E-state index contributed by atoms with van der Waals surface area (Å²) in [7, 11) is 0. The molecule has 5 fully saturated rings. The second-order valence-electron chi connectivity index (χ2n) is 12.1. The van der Waals surface area contributed by atoms with Gasteiger partial charge in [-0.15, -0.1) is 0 Å². The highest BCUT2D eigenvalue weighted by molar-refractivity contribution is 5.83. The molecule has 4 saturated carbocycles. The highest BCUT2D eigenvalue weighted by atomic mass is 16.5. The molecule has 3 N–H and O–H groups in total. The Morgan fingerprint density at radius 3 is 2.44 bits per heavy atom. The summed E-state index contributed by atoms with van der Waals surface area (Å²) >= 11 is 0. The molecule has 1 aliphatic heterocycles. The number of rotatable bonds is 6. The Balaban J connectivity index is 1.16. The smallest absolute Gasteiger partial charge is 0.250 e. The standard InChI is InChI=1S/C27H39N3O4/c1-26(2,3)34-21-6-4-17(5-7-21)15-30-8-9-33-22(16-30)24(31)29-23-19-10-18-11-20(23)14-27(12-18,13-19)25(28)32/h4-7,18-20,22-23H,8-16H2,1-3H3,(H2,28,32)(H,29,31)/t18?,19?,20?,22-,23?,27?/m1/s1. The van der Waals surface area contributed by atoms with Gasteiger partial charge >= 0.3 is 0 Å². The summed E-state index contributed by atoms with van der Waals surface area (Å²) in [4.78, 5) is 27.7. The SMILES string of the molecule is CC(C)(C)Oc1ccc(CN2CCO[C@@H](C(=O)NC3C4CC5CC3CC(C(N)=O)(C5)C4)C2)cc1. The van der Waals surface area contributed by atoms with Crippen LogP contribution in [0.3, 0.4) is 0 Å². The van der Waals surface area contributed by atoms with Crippen molar-refractivity contribution in [3.63, 3.8) is 0 Å². The summed E-state index contributed by atoms with van der Waals surface area (Å²) in [6.45, 7) is 8.84. The van der Waals surface area contributed by atoms with Crippen LogP contribution in [-0.4, -0.2) is 54.2 Å². The molecule has 4 bridgehead atoms. The molecule has 0 aromatic heterocycles. The minimum absolute atomic E-state index is 0.00998. The number of nitrogens with zero attached hydrogens (tertiary/aromatic N) is 1. The van der Waals surface area contributed by atoms with E-state index in [-0.39, 0.29) is 28.9 Å². The molecule has 5 aliphatic rings. The zero-order valence-corrected chi connectivity index (χ0v) is 20.7. The van der Waals surface area contributed by atoms with E-state index >= 15 is 0 Å². The lowest BCUT2D eigenvalue weighted by atomic mass is 9.47. The fraction of sp³-hybridized carbons (Fsp3) is 0.704. The van der Waals surface area contributed by atoms with Gasteiger partial charge in [-0.1, -0.05) is 12.1 Å². The van der Waals surface area contributed by atoms with Crippen LogP contribution in [0.25, 0.3) is 0 Å². The third-order valence-electron chi connectivity index (χ3n) is 8.30. The maximum Gasteiger partial charge on any atom is 0.250 e. The largest absolute Gasteiger partial charge is 0.488 e. The predicted octanol–water partition coefficient (Wildman–Crippen LogP) is 2.86. The van der Waals surface area contributed by atoms with Crippen LogP contribution in [-0.2, 0) is 20.9 Å². The van der Waals surface area contributed by atoms with Crippen molar-refractivity contribution < 1.29 is 19.1 Å². The Labute approximate surface area is 202 Å². The quantitative estimate of drug-likeness (QED) is 0.668. The van der Waals surface area contributed by atoms with Crippen molar-refractivity contribution in [3.05, 3.63) is 29.8 Å². The normalized spacial score (nSPS) is 35.2. The number of hydrogen-bond donors (Lipinski definition) is 2. The van der Waals surface area contributed by atoms with Gasteiger partial charge in [-0.2, -0.15) is 0 Å². The van der Waals surface area contributed by atoms with Crippen LogP contribution in [0.4, 0.5) is 0 Å².